The molecule has 0 aromatic heterocycles. The normalized spacial score (nSPS) is 17.2. The van der Waals surface area contributed by atoms with Crippen LogP contribution in [0.15, 0.2) is 24.3 Å². The lowest BCUT2D eigenvalue weighted by Gasteiger charge is -2.35. The van der Waals surface area contributed by atoms with E-state index in [1.54, 1.807) is 0 Å². The van der Waals surface area contributed by atoms with Gasteiger partial charge in [0.2, 0.25) is 0 Å². The second-order valence-corrected chi connectivity index (χ2v) is 4.65. The minimum Gasteiger partial charge on any atom is -0.383 e. The molecule has 1 fully saturated rings. The van der Waals surface area contributed by atoms with Gasteiger partial charge in [-0.05, 0) is 37.0 Å². The lowest BCUT2D eigenvalue weighted by Crippen LogP contribution is -2.34. The molecule has 2 rings (SSSR count). The van der Waals surface area contributed by atoms with Crippen LogP contribution in [0.25, 0.3) is 0 Å². The fourth-order valence-electron chi connectivity index (χ4n) is 2.06. The van der Waals surface area contributed by atoms with Gasteiger partial charge in [-0.25, -0.2) is 0 Å². The molecule has 16 heavy (non-hydrogen) atoms. The van der Waals surface area contributed by atoms with Crippen molar-refractivity contribution < 1.29 is 0 Å². The molecule has 0 aliphatic heterocycles. The summed E-state index contributed by atoms with van der Waals surface area (Å²) in [4.78, 5) is 0. The van der Waals surface area contributed by atoms with Crippen molar-refractivity contribution in [3.63, 3.8) is 0 Å². The smallest absolute Gasteiger partial charge is 0.0746 e. The van der Waals surface area contributed by atoms with Gasteiger partial charge in [0.1, 0.15) is 0 Å². The zero-order valence-corrected chi connectivity index (χ0v) is 9.79. The van der Waals surface area contributed by atoms with E-state index >= 15 is 0 Å². The van der Waals surface area contributed by atoms with Crippen molar-refractivity contribution in [2.24, 2.45) is 5.41 Å². The van der Waals surface area contributed by atoms with E-state index < -0.39 is 0 Å². The Morgan fingerprint density at radius 3 is 2.44 bits per heavy atom. The molecule has 0 saturated heterocycles. The molecule has 2 nitrogen and oxygen atoms in total. The van der Waals surface area contributed by atoms with Crippen LogP contribution < -0.4 is 5.32 Å². The Bertz CT molecular complexity index is 382. The molecular formula is C14H18N2. The monoisotopic (exact) mass is 214 g/mol. The summed E-state index contributed by atoms with van der Waals surface area (Å²) in [5, 5.41) is 12.5. The Morgan fingerprint density at radius 1 is 1.31 bits per heavy atom. The fourth-order valence-corrected chi connectivity index (χ4v) is 2.06. The molecule has 0 heterocycles. The second kappa shape index (κ2) is 4.57. The van der Waals surface area contributed by atoms with E-state index in [-0.39, 0.29) is 5.41 Å². The Balaban J connectivity index is 1.92. The first-order valence-corrected chi connectivity index (χ1v) is 6.02. The summed E-state index contributed by atoms with van der Waals surface area (Å²) < 4.78 is 0. The molecule has 0 atom stereocenters. The van der Waals surface area contributed by atoms with E-state index in [4.69, 9.17) is 5.26 Å². The van der Waals surface area contributed by atoms with Crippen molar-refractivity contribution in [2.75, 3.05) is 11.9 Å². The topological polar surface area (TPSA) is 35.8 Å². The number of nitriles is 1. The summed E-state index contributed by atoms with van der Waals surface area (Å²) in [6.07, 6.45) is 4.36. The third kappa shape index (κ3) is 2.19. The average Bonchev–Trinajstić information content (AvgIpc) is 2.29. The summed E-state index contributed by atoms with van der Waals surface area (Å²) >= 11 is 0. The van der Waals surface area contributed by atoms with Crippen LogP contribution >= 0.6 is 0 Å². The first-order chi connectivity index (χ1) is 7.78. The molecule has 0 amide bonds. The molecule has 1 aromatic carbocycles. The van der Waals surface area contributed by atoms with Crippen molar-refractivity contribution in [1.82, 2.24) is 0 Å². The van der Waals surface area contributed by atoms with Crippen LogP contribution in [-0.2, 0) is 6.42 Å². The molecule has 0 radical (unpaired) electrons. The highest BCUT2D eigenvalue weighted by molar-refractivity contribution is 5.45. The maximum atomic E-state index is 9.11. The van der Waals surface area contributed by atoms with E-state index in [1.807, 2.05) is 0 Å². The van der Waals surface area contributed by atoms with Crippen molar-refractivity contribution in [1.29, 1.82) is 5.26 Å². The minimum absolute atomic E-state index is 0.0938. The van der Waals surface area contributed by atoms with Crippen LogP contribution in [0.4, 0.5) is 5.69 Å². The van der Waals surface area contributed by atoms with Gasteiger partial charge in [0.05, 0.1) is 11.5 Å². The maximum absolute atomic E-state index is 9.11. The first-order valence-electron chi connectivity index (χ1n) is 6.02. The van der Waals surface area contributed by atoms with Crippen LogP contribution in [-0.4, -0.2) is 6.54 Å². The summed E-state index contributed by atoms with van der Waals surface area (Å²) in [6, 6.07) is 10.9. The summed E-state index contributed by atoms with van der Waals surface area (Å²) in [5.41, 5.74) is 2.38. The standard InChI is InChI=1S/C14H18N2/c1-2-12-4-6-13(7-5-12)16-11-14(10-15)8-3-9-14/h4-7,16H,2-3,8-9,11H2,1H3. The second-order valence-electron chi connectivity index (χ2n) is 4.65. The predicted molar refractivity (Wildman–Crippen MR) is 66.2 cm³/mol. The maximum Gasteiger partial charge on any atom is 0.0746 e. The Kier molecular flexibility index (Phi) is 3.14. The number of aryl methyl sites for hydroxylation is 1. The number of hydrogen-bond acceptors (Lipinski definition) is 2. The van der Waals surface area contributed by atoms with Gasteiger partial charge in [0.15, 0.2) is 0 Å². The summed E-state index contributed by atoms with van der Waals surface area (Å²) in [7, 11) is 0. The average molecular weight is 214 g/mol. The quantitative estimate of drug-likeness (QED) is 0.834. The van der Waals surface area contributed by atoms with Gasteiger partial charge in [-0.3, -0.25) is 0 Å². The van der Waals surface area contributed by atoms with Crippen molar-refractivity contribution >= 4 is 5.69 Å². The Labute approximate surface area is 97.3 Å². The molecule has 1 aromatic rings. The molecule has 1 aliphatic carbocycles. The highest BCUT2D eigenvalue weighted by Crippen LogP contribution is 2.40. The van der Waals surface area contributed by atoms with Gasteiger partial charge < -0.3 is 5.32 Å². The molecular weight excluding hydrogens is 196 g/mol. The third-order valence-electron chi connectivity index (χ3n) is 3.54. The predicted octanol–water partition coefficient (Wildman–Crippen LogP) is 3.35. The van der Waals surface area contributed by atoms with Crippen LogP contribution in [0, 0.1) is 16.7 Å². The first kappa shape index (κ1) is 11.0. The van der Waals surface area contributed by atoms with Gasteiger partial charge >= 0.3 is 0 Å². The molecule has 1 aliphatic rings. The third-order valence-corrected chi connectivity index (χ3v) is 3.54. The largest absolute Gasteiger partial charge is 0.383 e. The lowest BCUT2D eigenvalue weighted by atomic mass is 9.70. The van der Waals surface area contributed by atoms with Gasteiger partial charge in [-0.1, -0.05) is 25.5 Å². The van der Waals surface area contributed by atoms with E-state index in [9.17, 15) is 0 Å². The van der Waals surface area contributed by atoms with Crippen molar-refractivity contribution in [2.45, 2.75) is 32.6 Å². The molecule has 0 unspecified atom stereocenters. The van der Waals surface area contributed by atoms with Crippen LogP contribution in [0.3, 0.4) is 0 Å². The number of nitrogens with one attached hydrogen (secondary N) is 1. The molecule has 1 N–H and O–H groups in total. The summed E-state index contributed by atoms with van der Waals surface area (Å²) in [5.74, 6) is 0. The van der Waals surface area contributed by atoms with Crippen LogP contribution in [0.1, 0.15) is 31.7 Å². The van der Waals surface area contributed by atoms with E-state index in [0.29, 0.717) is 0 Å². The fraction of sp³-hybridized carbons (Fsp3) is 0.500. The van der Waals surface area contributed by atoms with Gasteiger partial charge in [-0.2, -0.15) is 5.26 Å². The number of anilines is 1. The number of hydrogen-bond donors (Lipinski definition) is 1. The minimum atomic E-state index is -0.0938. The summed E-state index contributed by atoms with van der Waals surface area (Å²) in [6.45, 7) is 2.94. The zero-order chi connectivity index (χ0) is 11.4. The van der Waals surface area contributed by atoms with Crippen molar-refractivity contribution in [3.05, 3.63) is 29.8 Å². The number of rotatable bonds is 4. The van der Waals surface area contributed by atoms with Gasteiger partial charge in [0, 0.05) is 12.2 Å². The van der Waals surface area contributed by atoms with Gasteiger partial charge in [-0.15, -0.1) is 0 Å². The van der Waals surface area contributed by atoms with E-state index in [0.717, 1.165) is 31.5 Å². The molecule has 1 saturated carbocycles. The van der Waals surface area contributed by atoms with Crippen LogP contribution in [0.5, 0.6) is 0 Å². The van der Waals surface area contributed by atoms with Crippen molar-refractivity contribution in [3.8, 4) is 6.07 Å². The SMILES string of the molecule is CCc1ccc(NCC2(C#N)CCC2)cc1. The Hall–Kier alpha value is -1.49. The van der Waals surface area contributed by atoms with Gasteiger partial charge in [0.25, 0.3) is 0 Å². The highest BCUT2D eigenvalue weighted by atomic mass is 14.9. The van der Waals surface area contributed by atoms with E-state index in [1.165, 1.54) is 12.0 Å². The number of nitrogens with zero attached hydrogens (tertiary/aromatic N) is 1. The lowest BCUT2D eigenvalue weighted by molar-refractivity contribution is 0.233. The molecule has 0 spiro atoms. The molecule has 0 bridgehead atoms. The molecule has 2 heteroatoms. The molecule has 84 valence electrons. The van der Waals surface area contributed by atoms with E-state index in [2.05, 4.69) is 42.6 Å². The zero-order valence-electron chi connectivity index (χ0n) is 9.79. The van der Waals surface area contributed by atoms with Crippen LogP contribution in [0.2, 0.25) is 0 Å². The number of benzene rings is 1. The highest BCUT2D eigenvalue weighted by Gasteiger charge is 2.36. The Morgan fingerprint density at radius 2 is 2.00 bits per heavy atom.